The monoisotopic (exact) mass is 377 g/mol. The maximum atomic E-state index is 12.7. The first kappa shape index (κ1) is 19.1. The summed E-state index contributed by atoms with van der Waals surface area (Å²) in [5.74, 6) is 0.427. The van der Waals surface area contributed by atoms with Gasteiger partial charge in [-0.05, 0) is 24.8 Å². The number of carbonyl (C=O) groups is 3. The lowest BCUT2D eigenvalue weighted by atomic mass is 9.98. The Morgan fingerprint density at radius 1 is 1.15 bits per heavy atom. The van der Waals surface area contributed by atoms with Crippen molar-refractivity contribution >= 4 is 18.2 Å². The highest BCUT2D eigenvalue weighted by Crippen LogP contribution is 2.28. The van der Waals surface area contributed by atoms with Gasteiger partial charge in [0.25, 0.3) is 0 Å². The summed E-state index contributed by atoms with van der Waals surface area (Å²) >= 11 is 0. The van der Waals surface area contributed by atoms with Gasteiger partial charge in [-0.15, -0.1) is 0 Å². The Morgan fingerprint density at radius 2 is 1.93 bits per heavy atom. The first-order chi connectivity index (χ1) is 13.1. The van der Waals surface area contributed by atoms with Gasteiger partial charge in [0.15, 0.2) is 0 Å². The molecule has 2 fully saturated rings. The van der Waals surface area contributed by atoms with Crippen LogP contribution in [-0.2, 0) is 14.3 Å². The molecule has 0 spiro atoms. The topological polar surface area (TPSA) is 117 Å². The second-order valence-electron chi connectivity index (χ2n) is 6.71. The zero-order valence-electron chi connectivity index (χ0n) is 14.8. The molecule has 1 aromatic carbocycles. The Kier molecular flexibility index (Phi) is 6.25. The lowest BCUT2D eigenvalue weighted by Gasteiger charge is -2.31. The van der Waals surface area contributed by atoms with Gasteiger partial charge in [-0.3, -0.25) is 10.0 Å². The smallest absolute Gasteiger partial charge is 0.429 e. The molecule has 2 unspecified atom stereocenters. The molecule has 9 heteroatoms. The molecule has 3 N–H and O–H groups in total. The number of hydrogen-bond donors (Lipinski definition) is 3. The van der Waals surface area contributed by atoms with Crippen molar-refractivity contribution in [2.75, 3.05) is 19.6 Å². The number of hydroxylamine groups is 1. The molecule has 3 rings (SSSR count). The SMILES string of the molecule is O=C(NO)OC(=O)OC1CCC(C(=O)N2CC[C@H](c3ccccc3)C2)NC1. The van der Waals surface area contributed by atoms with Gasteiger partial charge in [-0.1, -0.05) is 30.3 Å². The fraction of sp³-hybridized carbons (Fsp3) is 0.500. The van der Waals surface area contributed by atoms with Crippen molar-refractivity contribution in [3.63, 3.8) is 0 Å². The van der Waals surface area contributed by atoms with E-state index >= 15 is 0 Å². The number of piperidine rings is 1. The molecule has 0 radical (unpaired) electrons. The molecular weight excluding hydrogens is 354 g/mol. The van der Waals surface area contributed by atoms with Crippen LogP contribution in [0, 0.1) is 0 Å². The van der Waals surface area contributed by atoms with E-state index in [1.807, 2.05) is 23.1 Å². The molecule has 2 saturated heterocycles. The largest absolute Gasteiger partial charge is 0.517 e. The van der Waals surface area contributed by atoms with Crippen LogP contribution in [-0.4, -0.2) is 60.0 Å². The van der Waals surface area contributed by atoms with Crippen molar-refractivity contribution in [2.45, 2.75) is 37.3 Å². The van der Waals surface area contributed by atoms with Gasteiger partial charge in [-0.25, -0.2) is 15.1 Å². The molecule has 9 nitrogen and oxygen atoms in total. The van der Waals surface area contributed by atoms with Gasteiger partial charge in [0.2, 0.25) is 5.91 Å². The Hall–Kier alpha value is -2.65. The van der Waals surface area contributed by atoms with E-state index in [1.165, 1.54) is 11.0 Å². The number of likely N-dealkylation sites (tertiary alicyclic amines) is 1. The summed E-state index contributed by atoms with van der Waals surface area (Å²) in [4.78, 5) is 36.7. The number of carbonyl (C=O) groups excluding carboxylic acids is 3. The summed E-state index contributed by atoms with van der Waals surface area (Å²) in [5.41, 5.74) is 2.43. The molecule has 146 valence electrons. The Labute approximate surface area is 156 Å². The van der Waals surface area contributed by atoms with Crippen LogP contribution in [0.4, 0.5) is 9.59 Å². The number of amides is 2. The molecule has 3 atom stereocenters. The van der Waals surface area contributed by atoms with Crippen LogP contribution in [0.3, 0.4) is 0 Å². The van der Waals surface area contributed by atoms with Gasteiger partial charge in [-0.2, -0.15) is 0 Å². The lowest BCUT2D eigenvalue weighted by molar-refractivity contribution is -0.133. The number of ether oxygens (including phenoxy) is 2. The molecule has 2 heterocycles. The standard InChI is InChI=1S/C18H23N3O6/c22-16(21-9-8-13(11-21)12-4-2-1-3-5-12)15-7-6-14(10-19-15)26-18(24)27-17(23)20-25/h1-5,13-15,19,25H,6-11H2,(H,20,23)/t13-,14?,15?/m0/s1. The van der Waals surface area contributed by atoms with Crippen LogP contribution < -0.4 is 10.8 Å². The van der Waals surface area contributed by atoms with Crippen molar-refractivity contribution < 1.29 is 29.1 Å². The van der Waals surface area contributed by atoms with E-state index in [1.54, 1.807) is 0 Å². The third kappa shape index (κ3) is 4.95. The van der Waals surface area contributed by atoms with Crippen molar-refractivity contribution in [2.24, 2.45) is 0 Å². The highest BCUT2D eigenvalue weighted by molar-refractivity contribution is 5.82. The van der Waals surface area contributed by atoms with Crippen LogP contribution >= 0.6 is 0 Å². The van der Waals surface area contributed by atoms with Crippen molar-refractivity contribution in [3.8, 4) is 0 Å². The van der Waals surface area contributed by atoms with Gasteiger partial charge >= 0.3 is 12.2 Å². The van der Waals surface area contributed by atoms with Gasteiger partial charge < -0.3 is 19.7 Å². The van der Waals surface area contributed by atoms with E-state index in [-0.39, 0.29) is 11.9 Å². The van der Waals surface area contributed by atoms with E-state index in [0.29, 0.717) is 31.8 Å². The van der Waals surface area contributed by atoms with E-state index in [2.05, 4.69) is 22.2 Å². The minimum atomic E-state index is -1.31. The van der Waals surface area contributed by atoms with Gasteiger partial charge in [0, 0.05) is 25.6 Å². The van der Waals surface area contributed by atoms with Crippen LogP contribution in [0.2, 0.25) is 0 Å². The number of nitrogens with one attached hydrogen (secondary N) is 2. The Balaban J connectivity index is 1.44. The van der Waals surface area contributed by atoms with Crippen molar-refractivity contribution in [3.05, 3.63) is 35.9 Å². The summed E-state index contributed by atoms with van der Waals surface area (Å²) in [6, 6.07) is 9.88. The maximum absolute atomic E-state index is 12.7. The third-order valence-corrected chi connectivity index (χ3v) is 4.97. The molecule has 2 aliphatic rings. The molecule has 0 aliphatic carbocycles. The second-order valence-corrected chi connectivity index (χ2v) is 6.71. The zero-order chi connectivity index (χ0) is 19.2. The van der Waals surface area contributed by atoms with Crippen molar-refractivity contribution in [1.82, 2.24) is 15.7 Å². The normalized spacial score (nSPS) is 24.9. The predicted octanol–water partition coefficient (Wildman–Crippen LogP) is 1.38. The summed E-state index contributed by atoms with van der Waals surface area (Å²) in [7, 11) is 0. The second kappa shape index (κ2) is 8.83. The number of rotatable bonds is 3. The van der Waals surface area contributed by atoms with E-state index < -0.39 is 18.4 Å². The van der Waals surface area contributed by atoms with Crippen LogP contribution in [0.25, 0.3) is 0 Å². The summed E-state index contributed by atoms with van der Waals surface area (Å²) in [6.45, 7) is 1.74. The van der Waals surface area contributed by atoms with Crippen LogP contribution in [0.1, 0.15) is 30.7 Å². The Bertz CT molecular complexity index is 675. The highest BCUT2D eigenvalue weighted by atomic mass is 16.8. The highest BCUT2D eigenvalue weighted by Gasteiger charge is 2.34. The Morgan fingerprint density at radius 3 is 2.59 bits per heavy atom. The van der Waals surface area contributed by atoms with E-state index in [4.69, 9.17) is 9.94 Å². The molecule has 1 aromatic rings. The molecular formula is C18H23N3O6. The summed E-state index contributed by atoms with van der Waals surface area (Å²) in [5, 5.41) is 11.4. The third-order valence-electron chi connectivity index (χ3n) is 4.97. The lowest BCUT2D eigenvalue weighted by Crippen LogP contribution is -2.52. The zero-order valence-corrected chi connectivity index (χ0v) is 14.8. The molecule has 0 bridgehead atoms. The number of benzene rings is 1. The van der Waals surface area contributed by atoms with Crippen LogP contribution in [0.15, 0.2) is 30.3 Å². The maximum Gasteiger partial charge on any atom is 0.517 e. The number of nitrogens with zero attached hydrogens (tertiary/aromatic N) is 1. The van der Waals surface area contributed by atoms with Gasteiger partial charge in [0.1, 0.15) is 6.10 Å². The van der Waals surface area contributed by atoms with Crippen molar-refractivity contribution in [1.29, 1.82) is 0 Å². The average Bonchev–Trinajstić information content (AvgIpc) is 3.18. The molecule has 0 saturated carbocycles. The molecule has 0 aromatic heterocycles. The fourth-order valence-electron chi connectivity index (χ4n) is 3.58. The number of hydrogen-bond acceptors (Lipinski definition) is 7. The molecule has 27 heavy (non-hydrogen) atoms. The van der Waals surface area contributed by atoms with Crippen LogP contribution in [0.5, 0.6) is 0 Å². The quantitative estimate of drug-likeness (QED) is 0.315. The van der Waals surface area contributed by atoms with E-state index in [0.717, 1.165) is 13.0 Å². The summed E-state index contributed by atoms with van der Waals surface area (Å²) in [6.07, 6.45) is -1.04. The first-order valence-electron chi connectivity index (χ1n) is 8.96. The first-order valence-corrected chi connectivity index (χ1v) is 8.96. The predicted molar refractivity (Wildman–Crippen MR) is 93.1 cm³/mol. The minimum absolute atomic E-state index is 0.0640. The minimum Gasteiger partial charge on any atom is -0.429 e. The fourth-order valence-corrected chi connectivity index (χ4v) is 3.58. The average molecular weight is 377 g/mol. The summed E-state index contributed by atoms with van der Waals surface area (Å²) < 4.78 is 9.12. The molecule has 2 amide bonds. The molecule has 2 aliphatic heterocycles. The van der Waals surface area contributed by atoms with E-state index in [9.17, 15) is 14.4 Å². The van der Waals surface area contributed by atoms with Gasteiger partial charge in [0.05, 0.1) is 6.04 Å².